The highest BCUT2D eigenvalue weighted by Gasteiger charge is 2.81. The Morgan fingerprint density at radius 2 is 1.31 bits per heavy atom. The summed E-state index contributed by atoms with van der Waals surface area (Å²) >= 11 is 2.34. The number of hydrogen-bond acceptors (Lipinski definition) is 2. The Balaban J connectivity index is 1.99. The van der Waals surface area contributed by atoms with E-state index >= 15 is 4.39 Å². The minimum absolute atomic E-state index is 0.0313. The lowest BCUT2D eigenvalue weighted by Crippen LogP contribution is -2.59. The van der Waals surface area contributed by atoms with E-state index < -0.39 is 77.0 Å². The zero-order valence-corrected chi connectivity index (χ0v) is 24.7. The number of benzene rings is 3. The van der Waals surface area contributed by atoms with E-state index in [0.717, 1.165) is 48.3 Å². The Hall–Kier alpha value is -2.71. The molecule has 226 valence electrons. The fourth-order valence-electron chi connectivity index (χ4n) is 3.64. The van der Waals surface area contributed by atoms with Crippen molar-refractivity contribution in [2.75, 3.05) is 17.3 Å². The molecule has 3 rings (SSSR count). The van der Waals surface area contributed by atoms with Crippen molar-refractivity contribution in [3.63, 3.8) is 0 Å². The third-order valence-corrected chi connectivity index (χ3v) is 7.54. The van der Waals surface area contributed by atoms with Gasteiger partial charge in [0.1, 0.15) is 5.82 Å². The fraction of sp³-hybridized carbons (Fsp3) is 0.200. The SMILES string of the molecule is CN(C(=O)c1ccc(F)cc1)c1cccc(C(=O)Nc2c(I)cc(C(F)(C(F)(F)F)C(F)(F)C(F)(F)F)cc2I)c1F. The number of nitrogens with one attached hydrogen (secondary N) is 1. The van der Waals surface area contributed by atoms with E-state index in [1.807, 2.05) is 0 Å². The van der Waals surface area contributed by atoms with Crippen molar-refractivity contribution in [2.45, 2.75) is 23.9 Å². The maximum absolute atomic E-state index is 15.3. The Kier molecular flexibility index (Phi) is 9.46. The highest BCUT2D eigenvalue weighted by Crippen LogP contribution is 2.58. The second kappa shape index (κ2) is 11.8. The van der Waals surface area contributed by atoms with Crippen molar-refractivity contribution in [3.05, 3.63) is 90.1 Å². The molecule has 0 radical (unpaired) electrons. The van der Waals surface area contributed by atoms with Crippen molar-refractivity contribution in [1.82, 2.24) is 0 Å². The van der Waals surface area contributed by atoms with Crippen LogP contribution in [0.1, 0.15) is 26.3 Å². The first kappa shape index (κ1) is 33.8. The van der Waals surface area contributed by atoms with Gasteiger partial charge in [-0.25, -0.2) is 13.2 Å². The van der Waals surface area contributed by atoms with Gasteiger partial charge in [0, 0.05) is 25.3 Å². The van der Waals surface area contributed by atoms with E-state index in [1.165, 1.54) is 51.2 Å². The number of carbonyl (C=O) groups excluding carboxylic acids is 2. The van der Waals surface area contributed by atoms with Crippen molar-refractivity contribution < 1.29 is 57.9 Å². The summed E-state index contributed by atoms with van der Waals surface area (Å²) < 4.78 is 149. The Bertz CT molecular complexity index is 1500. The topological polar surface area (TPSA) is 49.4 Å². The quantitative estimate of drug-likeness (QED) is 0.200. The van der Waals surface area contributed by atoms with Crippen LogP contribution in [0, 0.1) is 18.8 Å². The van der Waals surface area contributed by atoms with Crippen LogP contribution in [-0.4, -0.2) is 37.1 Å². The van der Waals surface area contributed by atoms with Crippen LogP contribution in [0.3, 0.4) is 0 Å². The summed E-state index contributed by atoms with van der Waals surface area (Å²) in [5, 5.41) is 2.10. The highest BCUT2D eigenvalue weighted by atomic mass is 127. The molecular weight excluding hydrogens is 823 g/mol. The zero-order chi connectivity index (χ0) is 32.0. The standard InChI is InChI=1S/C25H13F11I2N2O2/c1-40(21(42)11-5-7-13(26)8-6-11)17-4-2-3-14(18(17)27)20(41)39-19-15(37)9-12(10-16(19)38)22(28,24(31,32)33)23(29,30)25(34,35)36/h2-10H,1H3,(H,39,41). The molecule has 0 heterocycles. The average molecular weight is 836 g/mol. The van der Waals surface area contributed by atoms with Crippen molar-refractivity contribution >= 4 is 68.4 Å². The molecule has 0 saturated heterocycles. The van der Waals surface area contributed by atoms with E-state index in [9.17, 15) is 53.5 Å². The molecule has 42 heavy (non-hydrogen) atoms. The van der Waals surface area contributed by atoms with E-state index in [0.29, 0.717) is 0 Å². The van der Waals surface area contributed by atoms with Gasteiger partial charge in [0.25, 0.3) is 11.8 Å². The van der Waals surface area contributed by atoms with Crippen LogP contribution >= 0.6 is 45.2 Å². The van der Waals surface area contributed by atoms with Gasteiger partial charge in [-0.05, 0) is 93.7 Å². The second-order valence-corrected chi connectivity index (χ2v) is 10.8. The molecule has 1 unspecified atom stereocenters. The van der Waals surface area contributed by atoms with Crippen molar-refractivity contribution in [3.8, 4) is 0 Å². The molecule has 0 aliphatic rings. The van der Waals surface area contributed by atoms with E-state index in [-0.39, 0.29) is 17.7 Å². The summed E-state index contributed by atoms with van der Waals surface area (Å²) in [5.74, 6) is -10.8. The lowest BCUT2D eigenvalue weighted by atomic mass is 9.87. The van der Waals surface area contributed by atoms with Gasteiger partial charge in [-0.1, -0.05) is 6.07 Å². The minimum Gasteiger partial charge on any atom is -0.320 e. The van der Waals surface area contributed by atoms with Crippen LogP contribution in [0.5, 0.6) is 0 Å². The molecule has 0 aliphatic heterocycles. The number of alkyl halides is 9. The summed E-state index contributed by atoms with van der Waals surface area (Å²) in [5.41, 5.74) is -9.89. The van der Waals surface area contributed by atoms with Gasteiger partial charge < -0.3 is 10.2 Å². The van der Waals surface area contributed by atoms with Gasteiger partial charge in [0.2, 0.25) is 0 Å². The third-order valence-electron chi connectivity index (χ3n) is 5.84. The normalized spacial score (nSPS) is 13.9. The van der Waals surface area contributed by atoms with Crippen molar-refractivity contribution in [2.24, 2.45) is 0 Å². The van der Waals surface area contributed by atoms with Gasteiger partial charge in [-0.2, -0.15) is 35.1 Å². The molecular formula is C25H13F11I2N2O2. The molecule has 17 heteroatoms. The van der Waals surface area contributed by atoms with E-state index in [2.05, 4.69) is 5.32 Å². The third kappa shape index (κ3) is 6.02. The number of rotatable bonds is 6. The molecule has 1 atom stereocenters. The predicted octanol–water partition coefficient (Wildman–Crippen LogP) is 8.63. The molecule has 3 aromatic carbocycles. The number of anilines is 2. The van der Waals surface area contributed by atoms with E-state index in [4.69, 9.17) is 0 Å². The average Bonchev–Trinajstić information content (AvgIpc) is 2.88. The largest absolute Gasteiger partial charge is 0.457 e. The smallest absolute Gasteiger partial charge is 0.320 e. The summed E-state index contributed by atoms with van der Waals surface area (Å²) in [6.45, 7) is 0. The zero-order valence-electron chi connectivity index (χ0n) is 20.4. The minimum atomic E-state index is -6.92. The van der Waals surface area contributed by atoms with Crippen LogP contribution in [0.4, 0.5) is 59.7 Å². The molecule has 2 amide bonds. The van der Waals surface area contributed by atoms with Crippen LogP contribution in [0.25, 0.3) is 0 Å². The van der Waals surface area contributed by atoms with Crippen LogP contribution in [-0.2, 0) is 5.67 Å². The molecule has 0 bridgehead atoms. The molecule has 3 aromatic rings. The summed E-state index contributed by atoms with van der Waals surface area (Å²) in [7, 11) is 1.15. The lowest BCUT2D eigenvalue weighted by molar-refractivity contribution is -0.389. The molecule has 4 nitrogen and oxygen atoms in total. The van der Waals surface area contributed by atoms with Crippen molar-refractivity contribution in [1.29, 1.82) is 0 Å². The molecule has 0 saturated carbocycles. The van der Waals surface area contributed by atoms with Crippen LogP contribution < -0.4 is 10.2 Å². The maximum Gasteiger partial charge on any atom is 0.457 e. The van der Waals surface area contributed by atoms with E-state index in [1.54, 1.807) is 0 Å². The van der Waals surface area contributed by atoms with Gasteiger partial charge in [0.05, 0.1) is 16.9 Å². The first-order chi connectivity index (χ1) is 19.1. The number of hydrogen-bond donors (Lipinski definition) is 1. The number of halogens is 13. The fourth-order valence-corrected chi connectivity index (χ4v) is 5.68. The monoisotopic (exact) mass is 836 g/mol. The lowest BCUT2D eigenvalue weighted by Gasteiger charge is -2.36. The highest BCUT2D eigenvalue weighted by molar-refractivity contribution is 14.1. The molecule has 0 spiro atoms. The Morgan fingerprint density at radius 1 is 0.786 bits per heavy atom. The first-order valence-electron chi connectivity index (χ1n) is 11.0. The predicted molar refractivity (Wildman–Crippen MR) is 145 cm³/mol. The number of nitrogens with zero attached hydrogens (tertiary/aromatic N) is 1. The number of amides is 2. The second-order valence-electron chi connectivity index (χ2n) is 8.51. The first-order valence-corrected chi connectivity index (χ1v) is 13.1. The summed E-state index contributed by atoms with van der Waals surface area (Å²) in [6.07, 6.45) is -13.6. The van der Waals surface area contributed by atoms with Crippen LogP contribution in [0.2, 0.25) is 0 Å². The molecule has 0 aliphatic carbocycles. The molecule has 0 aromatic heterocycles. The summed E-state index contributed by atoms with van der Waals surface area (Å²) in [6, 6.07) is 7.58. The Morgan fingerprint density at radius 3 is 1.79 bits per heavy atom. The Labute approximate surface area is 256 Å². The summed E-state index contributed by atoms with van der Waals surface area (Å²) in [4.78, 5) is 26.4. The molecule has 1 N–H and O–H groups in total. The van der Waals surface area contributed by atoms with Gasteiger partial charge >= 0.3 is 23.9 Å². The number of carbonyl (C=O) groups is 2. The van der Waals surface area contributed by atoms with Crippen LogP contribution in [0.15, 0.2) is 54.6 Å². The molecule has 0 fully saturated rings. The maximum atomic E-state index is 15.3. The van der Waals surface area contributed by atoms with Gasteiger partial charge in [0.15, 0.2) is 5.82 Å². The van der Waals surface area contributed by atoms with Gasteiger partial charge in [-0.15, -0.1) is 0 Å². The van der Waals surface area contributed by atoms with Gasteiger partial charge in [-0.3, -0.25) is 9.59 Å².